The highest BCUT2D eigenvalue weighted by atomic mass is 19.1. The van der Waals surface area contributed by atoms with Gasteiger partial charge in [0.1, 0.15) is 17.3 Å². The van der Waals surface area contributed by atoms with Gasteiger partial charge in [0.25, 0.3) is 5.91 Å². The molecule has 0 spiro atoms. The van der Waals surface area contributed by atoms with Gasteiger partial charge in [-0.3, -0.25) is 4.79 Å². The van der Waals surface area contributed by atoms with Crippen molar-refractivity contribution in [3.8, 4) is 0 Å². The van der Waals surface area contributed by atoms with Gasteiger partial charge < -0.3 is 10.6 Å². The summed E-state index contributed by atoms with van der Waals surface area (Å²) < 4.78 is 27.6. The van der Waals surface area contributed by atoms with E-state index >= 15 is 0 Å². The van der Waals surface area contributed by atoms with E-state index in [9.17, 15) is 13.6 Å². The van der Waals surface area contributed by atoms with Gasteiger partial charge in [0, 0.05) is 18.2 Å². The van der Waals surface area contributed by atoms with E-state index in [1.807, 2.05) is 6.92 Å². The van der Waals surface area contributed by atoms with E-state index in [0.29, 0.717) is 12.5 Å². The molecule has 1 unspecified atom stereocenters. The summed E-state index contributed by atoms with van der Waals surface area (Å²) in [6, 6.07) is 2.19. The predicted octanol–water partition coefficient (Wildman–Crippen LogP) is 3.71. The number of amides is 1. The fourth-order valence-corrected chi connectivity index (χ4v) is 2.92. The van der Waals surface area contributed by atoms with Gasteiger partial charge in [0.05, 0.1) is 0 Å². The van der Waals surface area contributed by atoms with Crippen LogP contribution in [0.25, 0.3) is 0 Å². The smallest absolute Gasteiger partial charge is 0.251 e. The molecule has 1 aliphatic carbocycles. The van der Waals surface area contributed by atoms with Gasteiger partial charge in [-0.2, -0.15) is 0 Å². The zero-order valence-electron chi connectivity index (χ0n) is 12.5. The van der Waals surface area contributed by atoms with Crippen molar-refractivity contribution in [2.45, 2.75) is 45.6 Å². The molecule has 1 aromatic rings. The summed E-state index contributed by atoms with van der Waals surface area (Å²) in [5, 5.41) is 5.47. The second-order valence-electron chi connectivity index (χ2n) is 5.65. The van der Waals surface area contributed by atoms with E-state index in [4.69, 9.17) is 0 Å². The van der Waals surface area contributed by atoms with Crippen LogP contribution in [0.3, 0.4) is 0 Å². The van der Waals surface area contributed by atoms with E-state index in [0.717, 1.165) is 25.0 Å². The molecule has 1 fully saturated rings. The fraction of sp³-hybridized carbons (Fsp3) is 0.562. The third-order valence-corrected chi connectivity index (χ3v) is 4.12. The number of halogens is 2. The predicted molar refractivity (Wildman–Crippen MR) is 79.4 cm³/mol. The summed E-state index contributed by atoms with van der Waals surface area (Å²) >= 11 is 0. The Morgan fingerprint density at radius 3 is 2.38 bits per heavy atom. The summed E-state index contributed by atoms with van der Waals surface area (Å²) in [4.78, 5) is 12.1. The summed E-state index contributed by atoms with van der Waals surface area (Å²) in [7, 11) is 0. The molecule has 116 valence electrons. The highest BCUT2D eigenvalue weighted by Crippen LogP contribution is 2.28. The highest BCUT2D eigenvalue weighted by Gasteiger charge is 2.24. The molecule has 0 saturated heterocycles. The van der Waals surface area contributed by atoms with Crippen LogP contribution in [0.2, 0.25) is 0 Å². The number of hydrogen-bond donors (Lipinski definition) is 2. The lowest BCUT2D eigenvalue weighted by Gasteiger charge is -2.20. The van der Waals surface area contributed by atoms with Gasteiger partial charge in [0.15, 0.2) is 0 Å². The van der Waals surface area contributed by atoms with E-state index < -0.39 is 17.5 Å². The molecule has 1 atom stereocenters. The molecule has 21 heavy (non-hydrogen) atoms. The number of carbonyl (C=O) groups is 1. The number of carbonyl (C=O) groups excluding carboxylic acids is 1. The monoisotopic (exact) mass is 296 g/mol. The van der Waals surface area contributed by atoms with Crippen LogP contribution >= 0.6 is 0 Å². The minimum Gasteiger partial charge on any atom is -0.381 e. The standard InChI is InChI=1S/C16H22F2N2O/c1-3-19-15-13(17)8-12(9-14(15)18)16(21)20-10(2)11-6-4-5-7-11/h8-11,19H,3-7H2,1-2H3,(H,20,21). The third-order valence-electron chi connectivity index (χ3n) is 4.12. The lowest BCUT2D eigenvalue weighted by atomic mass is 9.99. The second kappa shape index (κ2) is 6.87. The molecule has 1 aliphatic rings. The molecule has 0 radical (unpaired) electrons. The van der Waals surface area contributed by atoms with Crippen molar-refractivity contribution >= 4 is 11.6 Å². The molecule has 5 heteroatoms. The van der Waals surface area contributed by atoms with Crippen molar-refractivity contribution < 1.29 is 13.6 Å². The van der Waals surface area contributed by atoms with E-state index in [2.05, 4.69) is 10.6 Å². The number of rotatable bonds is 5. The Kier molecular flexibility index (Phi) is 5.15. The lowest BCUT2D eigenvalue weighted by molar-refractivity contribution is 0.0926. The quantitative estimate of drug-likeness (QED) is 0.869. The molecule has 0 heterocycles. The Labute approximate surface area is 124 Å². The molecular weight excluding hydrogens is 274 g/mol. The minimum atomic E-state index is -0.740. The topological polar surface area (TPSA) is 41.1 Å². The number of benzene rings is 1. The number of hydrogen-bond acceptors (Lipinski definition) is 2. The maximum absolute atomic E-state index is 13.8. The molecule has 0 aromatic heterocycles. The van der Waals surface area contributed by atoms with Crippen LogP contribution in [0.1, 0.15) is 49.9 Å². The van der Waals surface area contributed by atoms with E-state index in [1.165, 1.54) is 12.8 Å². The third kappa shape index (κ3) is 3.71. The first-order valence-corrected chi connectivity index (χ1v) is 7.56. The van der Waals surface area contributed by atoms with Crippen LogP contribution in [-0.4, -0.2) is 18.5 Å². The average molecular weight is 296 g/mol. The first-order valence-electron chi connectivity index (χ1n) is 7.56. The van der Waals surface area contributed by atoms with Crippen LogP contribution in [0.4, 0.5) is 14.5 Å². The van der Waals surface area contributed by atoms with Gasteiger partial charge in [-0.1, -0.05) is 12.8 Å². The van der Waals surface area contributed by atoms with Crippen molar-refractivity contribution in [1.29, 1.82) is 0 Å². The van der Waals surface area contributed by atoms with Gasteiger partial charge >= 0.3 is 0 Å². The maximum atomic E-state index is 13.8. The summed E-state index contributed by atoms with van der Waals surface area (Å²) in [6.45, 7) is 4.12. The van der Waals surface area contributed by atoms with Crippen molar-refractivity contribution in [2.75, 3.05) is 11.9 Å². The van der Waals surface area contributed by atoms with Crippen molar-refractivity contribution in [3.05, 3.63) is 29.3 Å². The second-order valence-corrected chi connectivity index (χ2v) is 5.65. The van der Waals surface area contributed by atoms with Gasteiger partial charge in [-0.05, 0) is 44.7 Å². The Morgan fingerprint density at radius 2 is 1.86 bits per heavy atom. The number of anilines is 1. The first-order chi connectivity index (χ1) is 10.0. The van der Waals surface area contributed by atoms with Crippen molar-refractivity contribution in [1.82, 2.24) is 5.32 Å². The summed E-state index contributed by atoms with van der Waals surface area (Å²) in [5.41, 5.74) is -0.158. The van der Waals surface area contributed by atoms with Crippen LogP contribution in [-0.2, 0) is 0 Å². The zero-order chi connectivity index (χ0) is 15.4. The Balaban J connectivity index is 2.08. The van der Waals surface area contributed by atoms with Gasteiger partial charge in [-0.15, -0.1) is 0 Å². The molecule has 3 nitrogen and oxygen atoms in total. The largest absolute Gasteiger partial charge is 0.381 e. The molecular formula is C16H22F2N2O. The zero-order valence-corrected chi connectivity index (χ0v) is 12.5. The van der Waals surface area contributed by atoms with Crippen molar-refractivity contribution in [3.63, 3.8) is 0 Å². The molecule has 1 aromatic carbocycles. The van der Waals surface area contributed by atoms with Crippen LogP contribution in [0, 0.1) is 17.6 Å². The SMILES string of the molecule is CCNc1c(F)cc(C(=O)NC(C)C2CCCC2)cc1F. The molecule has 0 bridgehead atoms. The molecule has 2 rings (SSSR count). The van der Waals surface area contributed by atoms with Crippen LogP contribution in [0.15, 0.2) is 12.1 Å². The molecule has 1 amide bonds. The Hall–Kier alpha value is -1.65. The van der Waals surface area contributed by atoms with Gasteiger partial charge in [-0.25, -0.2) is 8.78 Å². The Bertz CT molecular complexity index is 490. The normalized spacial score (nSPS) is 16.8. The highest BCUT2D eigenvalue weighted by molar-refractivity contribution is 5.94. The minimum absolute atomic E-state index is 0.0245. The fourth-order valence-electron chi connectivity index (χ4n) is 2.92. The number of nitrogens with one attached hydrogen (secondary N) is 2. The average Bonchev–Trinajstić information content (AvgIpc) is 2.96. The van der Waals surface area contributed by atoms with Crippen LogP contribution in [0.5, 0.6) is 0 Å². The molecule has 1 saturated carbocycles. The summed E-state index contributed by atoms with van der Waals surface area (Å²) in [6.07, 6.45) is 4.57. The molecule has 0 aliphatic heterocycles. The Morgan fingerprint density at radius 1 is 1.29 bits per heavy atom. The van der Waals surface area contributed by atoms with E-state index in [1.54, 1.807) is 6.92 Å². The van der Waals surface area contributed by atoms with Gasteiger partial charge in [0.2, 0.25) is 0 Å². The van der Waals surface area contributed by atoms with Crippen molar-refractivity contribution in [2.24, 2.45) is 5.92 Å². The maximum Gasteiger partial charge on any atom is 0.251 e. The molecule has 2 N–H and O–H groups in total. The first kappa shape index (κ1) is 15.7. The summed E-state index contributed by atoms with van der Waals surface area (Å²) in [5.74, 6) is -1.44. The lowest BCUT2D eigenvalue weighted by Crippen LogP contribution is -2.37. The van der Waals surface area contributed by atoms with E-state index in [-0.39, 0.29) is 17.3 Å². The van der Waals surface area contributed by atoms with Crippen LogP contribution < -0.4 is 10.6 Å².